The average Bonchev–Trinajstić information content (AvgIpc) is 3.19. The predicted octanol–water partition coefficient (Wildman–Crippen LogP) is 2.65. The number of hydrogen-bond acceptors (Lipinski definition) is 3. The fraction of sp³-hybridized carbons (Fsp3) is 0.500. The zero-order valence-corrected chi connectivity index (χ0v) is 12.7. The number of ether oxygens (including phenoxy) is 1. The second-order valence-electron chi connectivity index (χ2n) is 5.29. The summed E-state index contributed by atoms with van der Waals surface area (Å²) in [5.41, 5.74) is -0.563. The van der Waals surface area contributed by atoms with Crippen LogP contribution in [0.2, 0.25) is 10.0 Å². The average molecular weight is 318 g/mol. The van der Waals surface area contributed by atoms with Crippen molar-refractivity contribution in [2.45, 2.75) is 25.3 Å². The summed E-state index contributed by atoms with van der Waals surface area (Å²) < 4.78 is 5.36. The summed E-state index contributed by atoms with van der Waals surface area (Å²) >= 11 is 11.7. The fourth-order valence-electron chi connectivity index (χ4n) is 2.11. The van der Waals surface area contributed by atoms with Gasteiger partial charge in [0.05, 0.1) is 12.1 Å². The molecule has 1 atom stereocenters. The molecule has 6 heteroatoms. The molecule has 1 unspecified atom stereocenters. The first-order chi connectivity index (χ1) is 9.43. The Bertz CT molecular complexity index is 485. The number of amides is 1. The van der Waals surface area contributed by atoms with E-state index < -0.39 is 5.54 Å². The van der Waals surface area contributed by atoms with E-state index in [0.717, 1.165) is 12.8 Å². The Balaban J connectivity index is 1.88. The van der Waals surface area contributed by atoms with Gasteiger partial charge < -0.3 is 15.2 Å². The highest BCUT2D eigenvalue weighted by molar-refractivity contribution is 6.34. The third-order valence-corrected chi connectivity index (χ3v) is 3.87. The largest absolute Gasteiger partial charge is 0.484 e. The molecule has 1 saturated carbocycles. The van der Waals surface area contributed by atoms with Gasteiger partial charge in [-0.05, 0) is 43.9 Å². The minimum absolute atomic E-state index is 0.0770. The summed E-state index contributed by atoms with van der Waals surface area (Å²) in [6.45, 7) is 1.63. The number of aliphatic hydroxyl groups is 1. The van der Waals surface area contributed by atoms with E-state index in [2.05, 4.69) is 5.32 Å². The summed E-state index contributed by atoms with van der Waals surface area (Å²) in [6.07, 6.45) is 2.06. The normalized spacial score (nSPS) is 17.4. The van der Waals surface area contributed by atoms with E-state index in [4.69, 9.17) is 27.9 Å². The lowest BCUT2D eigenvalue weighted by molar-refractivity contribution is -0.125. The van der Waals surface area contributed by atoms with Crippen molar-refractivity contribution in [1.29, 1.82) is 0 Å². The highest BCUT2D eigenvalue weighted by Gasteiger charge is 2.42. The van der Waals surface area contributed by atoms with Crippen LogP contribution in [0.1, 0.15) is 19.8 Å². The topological polar surface area (TPSA) is 58.6 Å². The van der Waals surface area contributed by atoms with Gasteiger partial charge in [0.25, 0.3) is 5.91 Å². The monoisotopic (exact) mass is 317 g/mol. The lowest BCUT2D eigenvalue weighted by Crippen LogP contribution is -2.52. The summed E-state index contributed by atoms with van der Waals surface area (Å²) in [7, 11) is 0. The quantitative estimate of drug-likeness (QED) is 0.848. The first-order valence-corrected chi connectivity index (χ1v) is 7.19. The van der Waals surface area contributed by atoms with E-state index in [1.807, 2.05) is 6.92 Å². The first kappa shape index (κ1) is 15.4. The second kappa shape index (κ2) is 6.20. The van der Waals surface area contributed by atoms with E-state index in [1.54, 1.807) is 18.2 Å². The van der Waals surface area contributed by atoms with Crippen LogP contribution >= 0.6 is 23.2 Å². The van der Waals surface area contributed by atoms with Crippen LogP contribution in [0.15, 0.2) is 18.2 Å². The molecule has 1 aliphatic rings. The summed E-state index contributed by atoms with van der Waals surface area (Å²) in [5.74, 6) is 0.511. The number of halogens is 2. The molecule has 20 heavy (non-hydrogen) atoms. The summed E-state index contributed by atoms with van der Waals surface area (Å²) in [5, 5.41) is 13.1. The molecule has 0 bridgehead atoms. The van der Waals surface area contributed by atoms with Crippen molar-refractivity contribution in [3.8, 4) is 5.75 Å². The van der Waals surface area contributed by atoms with E-state index >= 15 is 0 Å². The summed E-state index contributed by atoms with van der Waals surface area (Å²) in [6, 6.07) is 4.77. The molecule has 0 heterocycles. The maximum Gasteiger partial charge on any atom is 0.258 e. The van der Waals surface area contributed by atoms with Gasteiger partial charge in [0, 0.05) is 10.0 Å². The first-order valence-electron chi connectivity index (χ1n) is 6.44. The summed E-state index contributed by atoms with van der Waals surface area (Å²) in [4.78, 5) is 11.9. The standard InChI is InChI=1S/C14H17Cl2NO3/c1-14(8-18,9-2-3-9)17-13(19)7-20-12-5-10(15)4-11(16)6-12/h4-6,9,18H,2-3,7-8H2,1H3,(H,17,19). The third-order valence-electron chi connectivity index (χ3n) is 3.44. The van der Waals surface area contributed by atoms with Crippen molar-refractivity contribution < 1.29 is 14.6 Å². The van der Waals surface area contributed by atoms with Crippen LogP contribution in [-0.2, 0) is 4.79 Å². The van der Waals surface area contributed by atoms with E-state index in [0.29, 0.717) is 21.7 Å². The van der Waals surface area contributed by atoms with Gasteiger partial charge in [-0.1, -0.05) is 23.2 Å². The van der Waals surface area contributed by atoms with Gasteiger partial charge in [-0.15, -0.1) is 0 Å². The maximum atomic E-state index is 11.9. The van der Waals surface area contributed by atoms with Crippen LogP contribution in [0.5, 0.6) is 5.75 Å². The van der Waals surface area contributed by atoms with Gasteiger partial charge in [-0.2, -0.15) is 0 Å². The zero-order valence-electron chi connectivity index (χ0n) is 11.2. The molecule has 1 aromatic carbocycles. The number of nitrogens with one attached hydrogen (secondary N) is 1. The number of aliphatic hydroxyl groups excluding tert-OH is 1. The molecule has 4 nitrogen and oxygen atoms in total. The third kappa shape index (κ3) is 4.01. The van der Waals surface area contributed by atoms with E-state index in [9.17, 15) is 9.90 Å². The fourth-order valence-corrected chi connectivity index (χ4v) is 2.61. The number of benzene rings is 1. The molecule has 2 N–H and O–H groups in total. The molecular weight excluding hydrogens is 301 g/mol. The Labute approximate surface area is 128 Å². The van der Waals surface area contributed by atoms with E-state index in [1.165, 1.54) is 0 Å². The van der Waals surface area contributed by atoms with Gasteiger partial charge >= 0.3 is 0 Å². The molecule has 0 spiro atoms. The Hall–Kier alpha value is -0.970. The van der Waals surface area contributed by atoms with Crippen LogP contribution in [0.4, 0.5) is 0 Å². The number of rotatable bonds is 6. The molecule has 0 aliphatic heterocycles. The van der Waals surface area contributed by atoms with Gasteiger partial charge in [-0.25, -0.2) is 0 Å². The highest BCUT2D eigenvalue weighted by atomic mass is 35.5. The lowest BCUT2D eigenvalue weighted by Gasteiger charge is -2.28. The van der Waals surface area contributed by atoms with Crippen molar-refractivity contribution in [2.24, 2.45) is 5.92 Å². The lowest BCUT2D eigenvalue weighted by atomic mass is 9.97. The van der Waals surface area contributed by atoms with Crippen LogP contribution < -0.4 is 10.1 Å². The van der Waals surface area contributed by atoms with Gasteiger partial charge in [0.2, 0.25) is 0 Å². The Morgan fingerprint density at radius 3 is 2.50 bits per heavy atom. The molecule has 1 aliphatic carbocycles. The number of carbonyl (C=O) groups excluding carboxylic acids is 1. The van der Waals surface area contributed by atoms with Crippen molar-refractivity contribution in [1.82, 2.24) is 5.32 Å². The Kier molecular flexibility index (Phi) is 4.78. The van der Waals surface area contributed by atoms with Gasteiger partial charge in [-0.3, -0.25) is 4.79 Å². The van der Waals surface area contributed by atoms with Crippen LogP contribution in [0.25, 0.3) is 0 Å². The molecule has 1 aromatic rings. The molecule has 1 fully saturated rings. The Morgan fingerprint density at radius 2 is 2.00 bits per heavy atom. The minimum atomic E-state index is -0.563. The van der Waals surface area contributed by atoms with Crippen molar-refractivity contribution in [3.63, 3.8) is 0 Å². The highest BCUT2D eigenvalue weighted by Crippen LogP contribution is 2.39. The minimum Gasteiger partial charge on any atom is -0.484 e. The number of carbonyl (C=O) groups is 1. The predicted molar refractivity (Wildman–Crippen MR) is 78.3 cm³/mol. The van der Waals surface area contributed by atoms with Gasteiger partial charge in [0.1, 0.15) is 5.75 Å². The molecule has 0 aromatic heterocycles. The molecule has 0 radical (unpaired) electrons. The molecule has 1 amide bonds. The van der Waals surface area contributed by atoms with Crippen LogP contribution in [0.3, 0.4) is 0 Å². The maximum absolute atomic E-state index is 11.9. The van der Waals surface area contributed by atoms with Crippen molar-refractivity contribution in [3.05, 3.63) is 28.2 Å². The van der Waals surface area contributed by atoms with Crippen LogP contribution in [0, 0.1) is 5.92 Å². The van der Waals surface area contributed by atoms with Crippen LogP contribution in [-0.4, -0.2) is 29.8 Å². The molecule has 2 rings (SSSR count). The zero-order chi connectivity index (χ0) is 14.8. The molecule has 0 saturated heterocycles. The Morgan fingerprint density at radius 1 is 1.40 bits per heavy atom. The number of hydrogen-bond donors (Lipinski definition) is 2. The second-order valence-corrected chi connectivity index (χ2v) is 6.16. The van der Waals surface area contributed by atoms with E-state index in [-0.39, 0.29) is 19.1 Å². The molecular formula is C14H17Cl2NO3. The van der Waals surface area contributed by atoms with Gasteiger partial charge in [0.15, 0.2) is 6.61 Å². The molecule has 110 valence electrons. The SMILES string of the molecule is CC(CO)(NC(=O)COc1cc(Cl)cc(Cl)c1)C1CC1. The van der Waals surface area contributed by atoms with Crippen molar-refractivity contribution >= 4 is 29.1 Å². The van der Waals surface area contributed by atoms with Crippen molar-refractivity contribution in [2.75, 3.05) is 13.2 Å². The smallest absolute Gasteiger partial charge is 0.258 e.